The van der Waals surface area contributed by atoms with E-state index in [0.717, 1.165) is 11.3 Å². The molecule has 2 aromatic heterocycles. The van der Waals surface area contributed by atoms with Gasteiger partial charge in [-0.3, -0.25) is 4.79 Å². The average molecular weight is 426 g/mol. The number of carbonyl (C=O) groups is 1. The average Bonchev–Trinajstić information content (AvgIpc) is 3.41. The van der Waals surface area contributed by atoms with Crippen molar-refractivity contribution in [2.24, 2.45) is 0 Å². The third-order valence-corrected chi connectivity index (χ3v) is 6.24. The molecule has 2 aromatic carbocycles. The summed E-state index contributed by atoms with van der Waals surface area (Å²) in [6, 6.07) is 16.1. The second kappa shape index (κ2) is 7.89. The summed E-state index contributed by atoms with van der Waals surface area (Å²) in [4.78, 5) is 16.4. The molecule has 11 heteroatoms. The van der Waals surface area contributed by atoms with E-state index in [1.165, 1.54) is 27.7 Å². The van der Waals surface area contributed by atoms with Crippen molar-refractivity contribution in [3.63, 3.8) is 0 Å². The van der Waals surface area contributed by atoms with Gasteiger partial charge in [0.25, 0.3) is 10.0 Å². The molecule has 4 rings (SSSR count). The van der Waals surface area contributed by atoms with Crippen LogP contribution >= 0.6 is 11.3 Å². The number of carbonyl (C=O) groups excluding carboxylic acids is 1. The molecule has 0 aliphatic rings. The van der Waals surface area contributed by atoms with Crippen molar-refractivity contribution in [1.29, 1.82) is 0 Å². The van der Waals surface area contributed by atoms with Crippen LogP contribution in [0.15, 0.2) is 71.3 Å². The van der Waals surface area contributed by atoms with E-state index < -0.39 is 15.9 Å². The summed E-state index contributed by atoms with van der Waals surface area (Å²) in [6.45, 7) is 0. The lowest BCUT2D eigenvalue weighted by atomic mass is 10.1. The van der Waals surface area contributed by atoms with Gasteiger partial charge in [0.1, 0.15) is 11.3 Å². The first-order chi connectivity index (χ1) is 14.0. The maximum Gasteiger partial charge on any atom is 0.282 e. The normalized spacial score (nSPS) is 11.3. The molecule has 0 unspecified atom stereocenters. The molecule has 0 saturated carbocycles. The van der Waals surface area contributed by atoms with Gasteiger partial charge in [-0.05, 0) is 28.1 Å². The molecule has 1 amide bonds. The molecular weight excluding hydrogens is 412 g/mol. The third kappa shape index (κ3) is 4.36. The number of rotatable bonds is 6. The van der Waals surface area contributed by atoms with Gasteiger partial charge >= 0.3 is 0 Å². The second-order valence-electron chi connectivity index (χ2n) is 5.98. The number of thiazole rings is 1. The zero-order valence-electron chi connectivity index (χ0n) is 14.8. The number of nitrogens with zero attached hydrogens (tertiary/aromatic N) is 5. The number of hydrogen-bond acceptors (Lipinski definition) is 8. The molecule has 0 aliphatic heterocycles. The molecule has 1 N–H and O–H groups in total. The number of aromatic nitrogens is 5. The van der Waals surface area contributed by atoms with E-state index >= 15 is 0 Å². The first-order valence-corrected chi connectivity index (χ1v) is 10.8. The van der Waals surface area contributed by atoms with Crippen molar-refractivity contribution in [2.45, 2.75) is 11.4 Å². The van der Waals surface area contributed by atoms with Crippen LogP contribution in [0, 0.1) is 0 Å². The highest BCUT2D eigenvalue weighted by molar-refractivity contribution is 7.90. The number of nitrogens with one attached hydrogen (secondary N) is 1. The maximum absolute atomic E-state index is 12.5. The highest BCUT2D eigenvalue weighted by Gasteiger charge is 2.21. The molecule has 0 fully saturated rings. The Morgan fingerprint density at radius 2 is 1.83 bits per heavy atom. The summed E-state index contributed by atoms with van der Waals surface area (Å²) in [7, 11) is -4.04. The topological polar surface area (TPSA) is 120 Å². The van der Waals surface area contributed by atoms with Gasteiger partial charge in [-0.15, -0.1) is 16.4 Å². The van der Waals surface area contributed by atoms with Crippen molar-refractivity contribution < 1.29 is 13.2 Å². The van der Waals surface area contributed by atoms with Crippen LogP contribution in [0.25, 0.3) is 16.3 Å². The third-order valence-electron chi connectivity index (χ3n) is 3.94. The quantitative estimate of drug-likeness (QED) is 0.499. The van der Waals surface area contributed by atoms with E-state index in [2.05, 4.69) is 25.2 Å². The Kier molecular flexibility index (Phi) is 5.14. The van der Waals surface area contributed by atoms with Crippen molar-refractivity contribution >= 4 is 27.3 Å². The molecule has 0 aliphatic carbocycles. The van der Waals surface area contributed by atoms with Gasteiger partial charge < -0.3 is 0 Å². The fourth-order valence-corrected chi connectivity index (χ4v) is 4.65. The molecule has 9 nitrogen and oxygen atoms in total. The van der Waals surface area contributed by atoms with Crippen molar-refractivity contribution in [2.75, 3.05) is 0 Å². The Balaban J connectivity index is 1.43. The van der Waals surface area contributed by atoms with Gasteiger partial charge in [0.2, 0.25) is 5.91 Å². The maximum atomic E-state index is 12.5. The Hall–Kier alpha value is -3.44. The zero-order valence-corrected chi connectivity index (χ0v) is 16.5. The smallest absolute Gasteiger partial charge is 0.274 e. The molecule has 0 radical (unpaired) electrons. The standard InChI is InChI=1S/C18H14N6O3S2/c25-16(10-13-6-8-15(9-7-13)24-12-19-22-23-24)21-29(26,27)17-11-28-18(20-17)14-4-2-1-3-5-14/h1-9,11-12H,10H2,(H,21,25). The van der Waals surface area contributed by atoms with Crippen LogP contribution < -0.4 is 4.72 Å². The molecule has 4 aromatic rings. The summed E-state index contributed by atoms with van der Waals surface area (Å²) in [5, 5.41) is 12.7. The number of benzene rings is 2. The molecule has 29 heavy (non-hydrogen) atoms. The van der Waals surface area contributed by atoms with E-state index in [0.29, 0.717) is 10.6 Å². The van der Waals surface area contributed by atoms with Gasteiger partial charge in [0, 0.05) is 10.9 Å². The summed E-state index contributed by atoms with van der Waals surface area (Å²) in [5.74, 6) is -0.644. The molecular formula is C18H14N6O3S2. The molecule has 0 saturated heterocycles. The van der Waals surface area contributed by atoms with Crippen LogP contribution in [-0.2, 0) is 21.2 Å². The Morgan fingerprint density at radius 1 is 1.07 bits per heavy atom. The zero-order chi connectivity index (χ0) is 20.3. The van der Waals surface area contributed by atoms with Gasteiger partial charge in [-0.1, -0.05) is 42.5 Å². The lowest BCUT2D eigenvalue weighted by molar-refractivity contribution is -0.118. The van der Waals surface area contributed by atoms with Crippen LogP contribution in [-0.4, -0.2) is 39.5 Å². The summed E-state index contributed by atoms with van der Waals surface area (Å²) in [6.07, 6.45) is 1.36. The minimum absolute atomic E-state index is 0.0925. The van der Waals surface area contributed by atoms with E-state index in [1.807, 2.05) is 30.3 Å². The van der Waals surface area contributed by atoms with Crippen molar-refractivity contribution in [3.05, 3.63) is 71.9 Å². The summed E-state index contributed by atoms with van der Waals surface area (Å²) >= 11 is 1.20. The van der Waals surface area contributed by atoms with Crippen LogP contribution in [0.5, 0.6) is 0 Å². The fraction of sp³-hybridized carbons (Fsp3) is 0.0556. The molecule has 2 heterocycles. The Morgan fingerprint density at radius 3 is 2.52 bits per heavy atom. The van der Waals surface area contributed by atoms with Crippen LogP contribution in [0.3, 0.4) is 0 Å². The number of amides is 1. The van der Waals surface area contributed by atoms with Gasteiger partial charge in [-0.2, -0.15) is 8.42 Å². The minimum atomic E-state index is -4.04. The van der Waals surface area contributed by atoms with Crippen LogP contribution in [0.1, 0.15) is 5.56 Å². The van der Waals surface area contributed by atoms with Crippen molar-refractivity contribution in [3.8, 4) is 16.3 Å². The predicted molar refractivity (Wildman–Crippen MR) is 106 cm³/mol. The summed E-state index contributed by atoms with van der Waals surface area (Å²) < 4.78 is 28.5. The highest BCUT2D eigenvalue weighted by atomic mass is 32.2. The predicted octanol–water partition coefficient (Wildman–Crippen LogP) is 1.83. The molecule has 0 spiro atoms. The van der Waals surface area contributed by atoms with Crippen LogP contribution in [0.4, 0.5) is 0 Å². The van der Waals surface area contributed by atoms with E-state index in [-0.39, 0.29) is 11.4 Å². The second-order valence-corrected chi connectivity index (χ2v) is 8.47. The first kappa shape index (κ1) is 18.9. The molecule has 146 valence electrons. The monoisotopic (exact) mass is 426 g/mol. The van der Waals surface area contributed by atoms with E-state index in [1.54, 1.807) is 24.3 Å². The molecule has 0 bridgehead atoms. The SMILES string of the molecule is O=C(Cc1ccc(-n2cnnn2)cc1)NS(=O)(=O)c1csc(-c2ccccc2)n1. The van der Waals surface area contributed by atoms with Gasteiger partial charge in [0.05, 0.1) is 12.1 Å². The number of hydrogen-bond donors (Lipinski definition) is 1. The van der Waals surface area contributed by atoms with E-state index in [4.69, 9.17) is 0 Å². The lowest BCUT2D eigenvalue weighted by Crippen LogP contribution is -2.32. The molecule has 0 atom stereocenters. The van der Waals surface area contributed by atoms with Crippen molar-refractivity contribution in [1.82, 2.24) is 29.9 Å². The number of tetrazole rings is 1. The summed E-state index contributed by atoms with van der Waals surface area (Å²) in [5.41, 5.74) is 2.19. The van der Waals surface area contributed by atoms with Gasteiger partial charge in [-0.25, -0.2) is 14.4 Å². The van der Waals surface area contributed by atoms with Crippen LogP contribution in [0.2, 0.25) is 0 Å². The largest absolute Gasteiger partial charge is 0.282 e. The Labute approximate surface area is 170 Å². The lowest BCUT2D eigenvalue weighted by Gasteiger charge is -2.06. The Bertz CT molecular complexity index is 1220. The van der Waals surface area contributed by atoms with Gasteiger partial charge in [0.15, 0.2) is 5.03 Å². The highest BCUT2D eigenvalue weighted by Crippen LogP contribution is 2.25. The number of sulfonamides is 1. The first-order valence-electron chi connectivity index (χ1n) is 8.40. The minimum Gasteiger partial charge on any atom is -0.274 e. The fourth-order valence-electron chi connectivity index (χ4n) is 2.57. The van der Waals surface area contributed by atoms with E-state index in [9.17, 15) is 13.2 Å².